The van der Waals surface area contributed by atoms with Crippen LogP contribution in [0.1, 0.15) is 36.7 Å². The Balaban J connectivity index is 1.53. The van der Waals surface area contributed by atoms with Gasteiger partial charge in [-0.3, -0.25) is 20.4 Å². The van der Waals surface area contributed by atoms with Crippen LogP contribution >= 0.6 is 0 Å². The van der Waals surface area contributed by atoms with E-state index in [1.165, 1.54) is 0 Å². The fourth-order valence-corrected chi connectivity index (χ4v) is 2.82. The summed E-state index contributed by atoms with van der Waals surface area (Å²) in [6.07, 6.45) is 0. The molecule has 0 unspecified atom stereocenters. The van der Waals surface area contributed by atoms with E-state index < -0.39 is 5.91 Å². The number of rotatable bonds is 4. The summed E-state index contributed by atoms with van der Waals surface area (Å²) in [6, 6.07) is 20.8. The van der Waals surface area contributed by atoms with E-state index >= 15 is 0 Å². The molecule has 144 valence electrons. The molecule has 0 aliphatic carbocycles. The third-order valence-electron chi connectivity index (χ3n) is 4.44. The summed E-state index contributed by atoms with van der Waals surface area (Å²) in [7, 11) is 0. The van der Waals surface area contributed by atoms with Crippen LogP contribution in [0.5, 0.6) is 5.75 Å². The van der Waals surface area contributed by atoms with Crippen LogP contribution in [0.15, 0.2) is 66.7 Å². The van der Waals surface area contributed by atoms with Crippen molar-refractivity contribution < 1.29 is 14.3 Å². The maximum absolute atomic E-state index is 12.2. The molecule has 5 heteroatoms. The van der Waals surface area contributed by atoms with Gasteiger partial charge in [0.2, 0.25) is 0 Å². The van der Waals surface area contributed by atoms with Crippen molar-refractivity contribution in [3.05, 3.63) is 77.9 Å². The number of hydrogen-bond acceptors (Lipinski definition) is 3. The van der Waals surface area contributed by atoms with E-state index in [1.54, 1.807) is 12.1 Å². The van der Waals surface area contributed by atoms with Crippen molar-refractivity contribution >= 4 is 22.6 Å². The summed E-state index contributed by atoms with van der Waals surface area (Å²) in [4.78, 5) is 24.2. The number of fused-ring (bicyclic) bond motifs is 1. The quantitative estimate of drug-likeness (QED) is 0.677. The second kappa shape index (κ2) is 8.13. The molecule has 28 heavy (non-hydrogen) atoms. The summed E-state index contributed by atoms with van der Waals surface area (Å²) in [5.41, 5.74) is 6.42. The first-order valence-electron chi connectivity index (χ1n) is 9.15. The Labute approximate surface area is 164 Å². The molecule has 0 radical (unpaired) electrons. The van der Waals surface area contributed by atoms with Gasteiger partial charge in [0.15, 0.2) is 6.61 Å². The van der Waals surface area contributed by atoms with Crippen molar-refractivity contribution in [3.8, 4) is 5.75 Å². The number of benzene rings is 3. The molecule has 0 aromatic heterocycles. The monoisotopic (exact) mass is 376 g/mol. The van der Waals surface area contributed by atoms with Crippen molar-refractivity contribution in [2.75, 3.05) is 6.61 Å². The summed E-state index contributed by atoms with van der Waals surface area (Å²) in [5.74, 6) is -0.191. The molecular weight excluding hydrogens is 352 g/mol. The molecule has 0 atom stereocenters. The molecule has 0 heterocycles. The van der Waals surface area contributed by atoms with Crippen LogP contribution in [-0.2, 0) is 10.2 Å². The molecule has 0 fully saturated rings. The van der Waals surface area contributed by atoms with Crippen LogP contribution in [0.3, 0.4) is 0 Å². The summed E-state index contributed by atoms with van der Waals surface area (Å²) in [6.45, 7) is 6.13. The third kappa shape index (κ3) is 4.68. The maximum atomic E-state index is 12.2. The first-order valence-corrected chi connectivity index (χ1v) is 9.15. The summed E-state index contributed by atoms with van der Waals surface area (Å²) < 4.78 is 5.61. The predicted octanol–water partition coefficient (Wildman–Crippen LogP) is 3.98. The predicted molar refractivity (Wildman–Crippen MR) is 110 cm³/mol. The largest absolute Gasteiger partial charge is 0.483 e. The van der Waals surface area contributed by atoms with Crippen molar-refractivity contribution in [2.45, 2.75) is 26.2 Å². The molecular formula is C23H24N2O3. The third-order valence-corrected chi connectivity index (χ3v) is 4.44. The number of carbonyl (C=O) groups excluding carboxylic acids is 2. The zero-order valence-corrected chi connectivity index (χ0v) is 16.3. The Kier molecular flexibility index (Phi) is 5.64. The Bertz CT molecular complexity index is 983. The van der Waals surface area contributed by atoms with Crippen LogP contribution in [0.2, 0.25) is 0 Å². The number of nitrogens with one attached hydrogen (secondary N) is 2. The van der Waals surface area contributed by atoms with E-state index in [0.717, 1.165) is 16.3 Å². The van der Waals surface area contributed by atoms with E-state index in [0.29, 0.717) is 11.3 Å². The molecule has 0 aliphatic heterocycles. The van der Waals surface area contributed by atoms with Crippen LogP contribution in [0, 0.1) is 0 Å². The molecule has 3 aromatic carbocycles. The van der Waals surface area contributed by atoms with Gasteiger partial charge in [-0.05, 0) is 34.6 Å². The molecule has 0 bridgehead atoms. The molecule has 2 N–H and O–H groups in total. The molecule has 2 amide bonds. The zero-order valence-electron chi connectivity index (χ0n) is 16.3. The van der Waals surface area contributed by atoms with Crippen LogP contribution in [-0.4, -0.2) is 18.4 Å². The van der Waals surface area contributed by atoms with Gasteiger partial charge in [-0.1, -0.05) is 69.3 Å². The van der Waals surface area contributed by atoms with E-state index in [2.05, 4.69) is 31.6 Å². The van der Waals surface area contributed by atoms with Gasteiger partial charge in [-0.2, -0.15) is 0 Å². The Morgan fingerprint density at radius 3 is 2.25 bits per heavy atom. The van der Waals surface area contributed by atoms with Gasteiger partial charge in [-0.15, -0.1) is 0 Å². The van der Waals surface area contributed by atoms with Gasteiger partial charge < -0.3 is 4.74 Å². The van der Waals surface area contributed by atoms with Crippen LogP contribution < -0.4 is 15.6 Å². The van der Waals surface area contributed by atoms with Gasteiger partial charge in [0, 0.05) is 10.9 Å². The van der Waals surface area contributed by atoms with Crippen LogP contribution in [0.4, 0.5) is 0 Å². The molecule has 0 saturated carbocycles. The molecule has 3 aromatic rings. The lowest BCUT2D eigenvalue weighted by Crippen LogP contribution is -2.43. The lowest BCUT2D eigenvalue weighted by atomic mass is 9.87. The smallest absolute Gasteiger partial charge is 0.276 e. The minimum absolute atomic E-state index is 0.0160. The van der Waals surface area contributed by atoms with Gasteiger partial charge >= 0.3 is 0 Å². The van der Waals surface area contributed by atoms with E-state index in [-0.39, 0.29) is 17.9 Å². The van der Waals surface area contributed by atoms with Crippen molar-refractivity contribution in [1.82, 2.24) is 10.9 Å². The lowest BCUT2D eigenvalue weighted by molar-refractivity contribution is -0.123. The summed E-state index contributed by atoms with van der Waals surface area (Å²) >= 11 is 0. The molecule has 0 saturated heterocycles. The fraction of sp³-hybridized carbons (Fsp3) is 0.217. The highest BCUT2D eigenvalue weighted by Crippen LogP contribution is 2.25. The van der Waals surface area contributed by atoms with E-state index in [4.69, 9.17) is 4.74 Å². The Hall–Kier alpha value is -3.34. The molecule has 0 aliphatic rings. The highest BCUT2D eigenvalue weighted by atomic mass is 16.5. The van der Waals surface area contributed by atoms with E-state index in [1.807, 2.05) is 54.6 Å². The van der Waals surface area contributed by atoms with Crippen LogP contribution in [0.25, 0.3) is 10.8 Å². The fourth-order valence-electron chi connectivity index (χ4n) is 2.82. The minimum atomic E-state index is -0.437. The van der Waals surface area contributed by atoms with Gasteiger partial charge in [0.1, 0.15) is 5.75 Å². The summed E-state index contributed by atoms with van der Waals surface area (Å²) in [5, 5.41) is 1.97. The number of amides is 2. The topological polar surface area (TPSA) is 67.4 Å². The highest BCUT2D eigenvalue weighted by Gasteiger charge is 2.14. The number of carbonyl (C=O) groups is 2. The van der Waals surface area contributed by atoms with Crippen molar-refractivity contribution in [1.29, 1.82) is 0 Å². The van der Waals surface area contributed by atoms with Gasteiger partial charge in [0.05, 0.1) is 0 Å². The minimum Gasteiger partial charge on any atom is -0.483 e. The van der Waals surface area contributed by atoms with Gasteiger partial charge in [0.25, 0.3) is 11.8 Å². The number of ether oxygens (including phenoxy) is 1. The lowest BCUT2D eigenvalue weighted by Gasteiger charge is -2.19. The highest BCUT2D eigenvalue weighted by molar-refractivity contribution is 5.95. The van der Waals surface area contributed by atoms with E-state index in [9.17, 15) is 9.59 Å². The first-order chi connectivity index (χ1) is 13.3. The maximum Gasteiger partial charge on any atom is 0.276 e. The zero-order chi connectivity index (χ0) is 20.1. The standard InChI is InChI=1S/C23H24N2O3/c1-23(2,3)18-13-11-17(12-14-18)22(27)25-24-21(26)15-28-20-10-6-8-16-7-4-5-9-19(16)20/h4-14H,15H2,1-3H3,(H,24,26)(H,25,27). The number of hydrazine groups is 1. The first kappa shape index (κ1) is 19.4. The van der Waals surface area contributed by atoms with Crippen molar-refractivity contribution in [3.63, 3.8) is 0 Å². The second-order valence-electron chi connectivity index (χ2n) is 7.60. The molecule has 0 spiro atoms. The molecule has 3 rings (SSSR count). The Morgan fingerprint density at radius 1 is 0.857 bits per heavy atom. The average molecular weight is 376 g/mol. The molecule has 5 nitrogen and oxygen atoms in total. The average Bonchev–Trinajstić information content (AvgIpc) is 2.69. The second-order valence-corrected chi connectivity index (χ2v) is 7.60. The SMILES string of the molecule is CC(C)(C)c1ccc(C(=O)NNC(=O)COc2cccc3ccccc23)cc1. The Morgan fingerprint density at radius 2 is 1.54 bits per heavy atom. The van der Waals surface area contributed by atoms with Gasteiger partial charge in [-0.25, -0.2) is 0 Å². The van der Waals surface area contributed by atoms with Crippen molar-refractivity contribution in [2.24, 2.45) is 0 Å². The normalized spacial score (nSPS) is 11.1. The number of hydrogen-bond donors (Lipinski definition) is 2.